The third-order valence-electron chi connectivity index (χ3n) is 3.10. The van der Waals surface area contributed by atoms with Gasteiger partial charge in [0.05, 0.1) is 0 Å². The van der Waals surface area contributed by atoms with E-state index in [9.17, 15) is 4.57 Å². The van der Waals surface area contributed by atoms with E-state index in [-0.39, 0.29) is 0 Å². The van der Waals surface area contributed by atoms with Crippen LogP contribution in [0.5, 0.6) is 0 Å². The Morgan fingerprint density at radius 3 is 2.22 bits per heavy atom. The molecule has 102 valence electrons. The third-order valence-corrected chi connectivity index (χ3v) is 5.84. The predicted molar refractivity (Wildman–Crippen MR) is 82.0 cm³/mol. The second kappa shape index (κ2) is 7.63. The summed E-state index contributed by atoms with van der Waals surface area (Å²) in [6.45, 7) is 6.36. The van der Waals surface area contributed by atoms with Crippen molar-refractivity contribution in [2.45, 2.75) is 46.5 Å². The van der Waals surface area contributed by atoms with E-state index in [1.807, 2.05) is 12.1 Å². The second-order valence-corrected chi connectivity index (χ2v) is 7.92. The first-order valence-electron chi connectivity index (χ1n) is 7.02. The lowest BCUT2D eigenvalue weighted by Gasteiger charge is -2.20. The summed E-state index contributed by atoms with van der Waals surface area (Å²) in [4.78, 5) is 0. The van der Waals surface area contributed by atoms with Crippen molar-refractivity contribution in [3.63, 3.8) is 0 Å². The van der Waals surface area contributed by atoms with Crippen LogP contribution in [-0.4, -0.2) is 12.3 Å². The molecule has 18 heavy (non-hydrogen) atoms. The van der Waals surface area contributed by atoms with Crippen molar-refractivity contribution in [3.8, 4) is 0 Å². The van der Waals surface area contributed by atoms with Crippen molar-refractivity contribution in [2.24, 2.45) is 0 Å². The normalized spacial score (nSPS) is 11.5. The number of benzene rings is 1. The minimum Gasteiger partial charge on any atom is -0.336 e. The molecule has 0 atom stereocenters. The summed E-state index contributed by atoms with van der Waals surface area (Å²) in [5.41, 5.74) is 2.21. The maximum absolute atomic E-state index is 12.9. The highest BCUT2D eigenvalue weighted by molar-refractivity contribution is 7.65. The first-order chi connectivity index (χ1) is 8.59. The van der Waals surface area contributed by atoms with Gasteiger partial charge in [0.1, 0.15) is 0 Å². The molecular weight excluding hydrogens is 241 g/mol. The van der Waals surface area contributed by atoms with Crippen molar-refractivity contribution in [1.29, 1.82) is 0 Å². The fraction of sp³-hybridized carbons (Fsp3) is 0.600. The fourth-order valence-corrected chi connectivity index (χ4v) is 4.71. The molecule has 0 unspecified atom stereocenters. The van der Waals surface area contributed by atoms with Gasteiger partial charge in [0.15, 0.2) is 7.29 Å². The van der Waals surface area contributed by atoms with Crippen LogP contribution in [0.25, 0.3) is 0 Å². The molecular formula is C15H26NOP. The van der Waals surface area contributed by atoms with Crippen LogP contribution in [0.1, 0.15) is 45.1 Å². The highest BCUT2D eigenvalue weighted by Crippen LogP contribution is 2.47. The van der Waals surface area contributed by atoms with Gasteiger partial charge in [-0.05, 0) is 37.5 Å². The van der Waals surface area contributed by atoms with Gasteiger partial charge in [0.2, 0.25) is 0 Å². The number of rotatable bonds is 8. The van der Waals surface area contributed by atoms with Gasteiger partial charge in [0, 0.05) is 18.0 Å². The summed E-state index contributed by atoms with van der Waals surface area (Å²) in [5, 5.41) is 3.32. The largest absolute Gasteiger partial charge is 0.336 e. The highest BCUT2D eigenvalue weighted by Gasteiger charge is 2.20. The zero-order valence-corrected chi connectivity index (χ0v) is 12.8. The zero-order valence-electron chi connectivity index (χ0n) is 11.9. The van der Waals surface area contributed by atoms with Crippen LogP contribution in [0, 0.1) is 6.92 Å². The molecule has 0 radical (unpaired) electrons. The minimum absolute atomic E-state index is 0.817. The molecule has 0 aliphatic heterocycles. The highest BCUT2D eigenvalue weighted by atomic mass is 31.2. The first-order valence-corrected chi connectivity index (χ1v) is 9.10. The van der Waals surface area contributed by atoms with Gasteiger partial charge in [-0.25, -0.2) is 0 Å². The first kappa shape index (κ1) is 15.3. The Bertz CT molecular complexity index is 391. The molecule has 0 aliphatic rings. The molecule has 0 amide bonds. The molecule has 0 heterocycles. The SMILES string of the molecule is CCCCP(=O)(CCCC)Nc1cccc(C)c1. The number of aryl methyl sites for hydroxylation is 1. The van der Waals surface area contributed by atoms with Gasteiger partial charge >= 0.3 is 0 Å². The Hall–Kier alpha value is -0.750. The van der Waals surface area contributed by atoms with Gasteiger partial charge in [-0.1, -0.05) is 38.8 Å². The quantitative estimate of drug-likeness (QED) is 0.649. The molecule has 2 nitrogen and oxygen atoms in total. The van der Waals surface area contributed by atoms with Crippen molar-refractivity contribution in [1.82, 2.24) is 0 Å². The van der Waals surface area contributed by atoms with E-state index < -0.39 is 7.29 Å². The molecule has 1 rings (SSSR count). The van der Waals surface area contributed by atoms with E-state index >= 15 is 0 Å². The van der Waals surface area contributed by atoms with E-state index in [1.54, 1.807) is 0 Å². The van der Waals surface area contributed by atoms with E-state index in [1.165, 1.54) is 5.56 Å². The fourth-order valence-electron chi connectivity index (χ4n) is 2.00. The Morgan fingerprint density at radius 2 is 1.72 bits per heavy atom. The predicted octanol–water partition coefficient (Wildman–Crippen LogP) is 5.29. The standard InChI is InChI=1S/C15H26NOP/c1-4-6-11-18(17,12-7-5-2)16-15-10-8-9-14(3)13-15/h8-10,13H,4-7,11-12H2,1-3H3,(H,16,17). The maximum atomic E-state index is 12.9. The minimum atomic E-state index is -2.24. The lowest BCUT2D eigenvalue weighted by Crippen LogP contribution is -2.05. The molecule has 0 aliphatic carbocycles. The van der Waals surface area contributed by atoms with E-state index in [0.29, 0.717) is 0 Å². The molecule has 0 saturated carbocycles. The molecule has 0 aromatic heterocycles. The number of hydrogen-bond donors (Lipinski definition) is 1. The monoisotopic (exact) mass is 267 g/mol. The van der Waals surface area contributed by atoms with Crippen LogP contribution in [0.4, 0.5) is 5.69 Å². The van der Waals surface area contributed by atoms with Gasteiger partial charge in [-0.2, -0.15) is 0 Å². The Morgan fingerprint density at radius 1 is 1.11 bits per heavy atom. The molecule has 0 bridgehead atoms. The van der Waals surface area contributed by atoms with Crippen molar-refractivity contribution < 1.29 is 4.57 Å². The van der Waals surface area contributed by atoms with Crippen molar-refractivity contribution >= 4 is 13.0 Å². The molecule has 0 fully saturated rings. The summed E-state index contributed by atoms with van der Waals surface area (Å²) in [5.74, 6) is 0. The van der Waals surface area contributed by atoms with Gasteiger partial charge < -0.3 is 9.65 Å². The van der Waals surface area contributed by atoms with Crippen LogP contribution in [0.3, 0.4) is 0 Å². The Balaban J connectivity index is 2.73. The molecule has 1 N–H and O–H groups in total. The molecule has 0 spiro atoms. The number of nitrogens with one attached hydrogen (secondary N) is 1. The lowest BCUT2D eigenvalue weighted by atomic mass is 10.2. The van der Waals surface area contributed by atoms with Crippen LogP contribution in [0.2, 0.25) is 0 Å². The summed E-state index contributed by atoms with van der Waals surface area (Å²) in [6, 6.07) is 8.16. The molecule has 3 heteroatoms. The number of anilines is 1. The van der Waals surface area contributed by atoms with Crippen molar-refractivity contribution in [2.75, 3.05) is 17.4 Å². The lowest BCUT2D eigenvalue weighted by molar-refractivity contribution is 0.573. The van der Waals surface area contributed by atoms with E-state index in [4.69, 9.17) is 0 Å². The zero-order chi connectivity index (χ0) is 13.4. The molecule has 1 aromatic carbocycles. The summed E-state index contributed by atoms with van der Waals surface area (Å²) < 4.78 is 12.9. The Labute approximate surface area is 112 Å². The maximum Gasteiger partial charge on any atom is 0.169 e. The van der Waals surface area contributed by atoms with E-state index in [2.05, 4.69) is 38.0 Å². The Kier molecular flexibility index (Phi) is 6.49. The summed E-state index contributed by atoms with van der Waals surface area (Å²) >= 11 is 0. The van der Waals surface area contributed by atoms with Crippen LogP contribution >= 0.6 is 7.29 Å². The smallest absolute Gasteiger partial charge is 0.169 e. The summed E-state index contributed by atoms with van der Waals surface area (Å²) in [7, 11) is -2.24. The van der Waals surface area contributed by atoms with Gasteiger partial charge in [-0.3, -0.25) is 0 Å². The average molecular weight is 267 g/mol. The van der Waals surface area contributed by atoms with Gasteiger partial charge in [-0.15, -0.1) is 0 Å². The summed E-state index contributed by atoms with van der Waals surface area (Å²) in [6.07, 6.45) is 5.92. The molecule has 1 aromatic rings. The van der Waals surface area contributed by atoms with Gasteiger partial charge in [0.25, 0.3) is 0 Å². The number of hydrogen-bond acceptors (Lipinski definition) is 1. The topological polar surface area (TPSA) is 29.1 Å². The molecule has 0 saturated heterocycles. The second-order valence-electron chi connectivity index (χ2n) is 5.02. The van der Waals surface area contributed by atoms with Crippen LogP contribution in [-0.2, 0) is 4.57 Å². The van der Waals surface area contributed by atoms with Crippen molar-refractivity contribution in [3.05, 3.63) is 29.8 Å². The average Bonchev–Trinajstić information content (AvgIpc) is 2.34. The van der Waals surface area contributed by atoms with Crippen LogP contribution in [0.15, 0.2) is 24.3 Å². The van der Waals surface area contributed by atoms with Crippen LogP contribution < -0.4 is 5.09 Å². The van der Waals surface area contributed by atoms with E-state index in [0.717, 1.165) is 43.7 Å². The number of unbranched alkanes of at least 4 members (excludes halogenated alkanes) is 2. The third kappa shape index (κ3) is 5.27.